The van der Waals surface area contributed by atoms with Crippen LogP contribution in [-0.4, -0.2) is 17.5 Å². The summed E-state index contributed by atoms with van der Waals surface area (Å²) < 4.78 is 19.0. The lowest BCUT2D eigenvalue weighted by molar-refractivity contribution is 0.666. The Morgan fingerprint density at radius 2 is 1.07 bits per heavy atom. The van der Waals surface area contributed by atoms with E-state index in [9.17, 15) is 0 Å². The molecule has 0 saturated carbocycles. The first-order valence-corrected chi connectivity index (χ1v) is 18.4. The van der Waals surface area contributed by atoms with Gasteiger partial charge in [0.15, 0.2) is 0 Å². The van der Waals surface area contributed by atoms with E-state index >= 15 is 0 Å². The largest absolute Gasteiger partial charge is 0.173 e. The van der Waals surface area contributed by atoms with Crippen LogP contribution in [0.1, 0.15) is 86.8 Å². The molecule has 0 amide bonds. The van der Waals surface area contributed by atoms with Crippen molar-refractivity contribution in [3.63, 3.8) is 0 Å². The van der Waals surface area contributed by atoms with Crippen LogP contribution in [0.4, 0.5) is 0 Å². The number of hydrogen-bond acceptors (Lipinski definition) is 8. The molecule has 0 saturated heterocycles. The van der Waals surface area contributed by atoms with Gasteiger partial charge in [-0.1, -0.05) is 76.6 Å². The molecule has 4 heterocycles. The van der Waals surface area contributed by atoms with Gasteiger partial charge in [0.2, 0.25) is 0 Å². The van der Waals surface area contributed by atoms with Crippen molar-refractivity contribution in [2.45, 2.75) is 91.9 Å². The standard InChI is InChI=1S/C34H38N4S4/c1-5-7-9-11-13-23-19-28(39-22(23)4)25-17-18-26(32-31(25)36-42-37-32)29-20-24(14-12-10-8-6-2)34(40-29)27-16-15-21(3)30-33(27)38-41-35-30/h15-20H,5-14H2,1-4H3. The molecule has 4 nitrogen and oxygen atoms in total. The van der Waals surface area contributed by atoms with Gasteiger partial charge in [0.1, 0.15) is 22.1 Å². The predicted octanol–water partition coefficient (Wildman–Crippen LogP) is 11.7. The second-order valence-electron chi connectivity index (χ2n) is 11.3. The predicted molar refractivity (Wildman–Crippen MR) is 186 cm³/mol. The molecule has 0 radical (unpaired) electrons. The Labute approximate surface area is 265 Å². The molecule has 0 aliphatic heterocycles. The molecule has 2 aromatic carbocycles. The fourth-order valence-corrected chi connectivity index (χ4v) is 9.35. The van der Waals surface area contributed by atoms with Crippen molar-refractivity contribution in [1.29, 1.82) is 0 Å². The first-order chi connectivity index (χ1) is 20.6. The lowest BCUT2D eigenvalue weighted by Crippen LogP contribution is -1.88. The molecule has 0 N–H and O–H groups in total. The molecule has 8 heteroatoms. The zero-order valence-corrected chi connectivity index (χ0v) is 28.2. The van der Waals surface area contributed by atoms with Crippen molar-refractivity contribution >= 4 is 68.2 Å². The zero-order valence-electron chi connectivity index (χ0n) is 25.0. The van der Waals surface area contributed by atoms with E-state index in [4.69, 9.17) is 13.1 Å². The van der Waals surface area contributed by atoms with Crippen molar-refractivity contribution in [3.8, 4) is 31.3 Å². The molecular formula is C34H38N4S4. The molecule has 4 aromatic heterocycles. The summed E-state index contributed by atoms with van der Waals surface area (Å²) in [6.07, 6.45) is 12.4. The van der Waals surface area contributed by atoms with Crippen molar-refractivity contribution in [2.75, 3.05) is 0 Å². The minimum atomic E-state index is 1.02. The van der Waals surface area contributed by atoms with Gasteiger partial charge in [0, 0.05) is 36.2 Å². The topological polar surface area (TPSA) is 51.6 Å². The third kappa shape index (κ3) is 5.96. The molecule has 0 spiro atoms. The molecule has 0 fully saturated rings. The van der Waals surface area contributed by atoms with Crippen LogP contribution < -0.4 is 0 Å². The molecular weight excluding hydrogens is 593 g/mol. The minimum Gasteiger partial charge on any atom is -0.173 e. The average molecular weight is 631 g/mol. The van der Waals surface area contributed by atoms with Crippen LogP contribution in [0.25, 0.3) is 53.4 Å². The number of unbranched alkanes of at least 4 members (excludes halogenated alkanes) is 6. The monoisotopic (exact) mass is 630 g/mol. The fraction of sp³-hybridized carbons (Fsp3) is 0.412. The van der Waals surface area contributed by atoms with E-state index in [-0.39, 0.29) is 0 Å². The summed E-state index contributed by atoms with van der Waals surface area (Å²) in [5.74, 6) is 0. The lowest BCUT2D eigenvalue weighted by Gasteiger charge is -2.06. The number of fused-ring (bicyclic) bond motifs is 2. The van der Waals surface area contributed by atoms with Gasteiger partial charge in [0.05, 0.1) is 23.5 Å². The quantitative estimate of drug-likeness (QED) is 0.119. The molecule has 6 rings (SSSR count). The smallest absolute Gasteiger partial charge is 0.114 e. The summed E-state index contributed by atoms with van der Waals surface area (Å²) in [6, 6.07) is 13.8. The van der Waals surface area contributed by atoms with Crippen LogP contribution in [-0.2, 0) is 12.8 Å². The number of thiophene rings is 2. The van der Waals surface area contributed by atoms with E-state index in [0.717, 1.165) is 28.5 Å². The van der Waals surface area contributed by atoms with E-state index in [1.54, 1.807) is 0 Å². The molecule has 0 unspecified atom stereocenters. The highest BCUT2D eigenvalue weighted by Crippen LogP contribution is 2.45. The number of rotatable bonds is 13. The second kappa shape index (κ2) is 13.4. The van der Waals surface area contributed by atoms with E-state index in [2.05, 4.69) is 68.5 Å². The normalized spacial score (nSPS) is 11.8. The summed E-state index contributed by atoms with van der Waals surface area (Å²) in [5, 5.41) is 0. The zero-order chi connectivity index (χ0) is 29.1. The average Bonchev–Trinajstić information content (AvgIpc) is 3.80. The molecule has 42 heavy (non-hydrogen) atoms. The maximum absolute atomic E-state index is 4.85. The maximum atomic E-state index is 4.85. The van der Waals surface area contributed by atoms with Crippen molar-refractivity contribution in [3.05, 3.63) is 58.0 Å². The van der Waals surface area contributed by atoms with Crippen LogP contribution in [0.3, 0.4) is 0 Å². The minimum absolute atomic E-state index is 1.02. The van der Waals surface area contributed by atoms with Crippen molar-refractivity contribution < 1.29 is 0 Å². The van der Waals surface area contributed by atoms with Gasteiger partial charge in [-0.25, -0.2) is 0 Å². The van der Waals surface area contributed by atoms with Gasteiger partial charge in [-0.05, 0) is 68.4 Å². The molecule has 6 aromatic rings. The molecule has 0 aliphatic rings. The van der Waals surface area contributed by atoms with Crippen LogP contribution in [0.2, 0.25) is 0 Å². The first-order valence-electron chi connectivity index (χ1n) is 15.3. The lowest BCUT2D eigenvalue weighted by atomic mass is 10.00. The van der Waals surface area contributed by atoms with Crippen LogP contribution in [0, 0.1) is 13.8 Å². The van der Waals surface area contributed by atoms with Gasteiger partial charge in [0.25, 0.3) is 0 Å². The van der Waals surface area contributed by atoms with Crippen LogP contribution >= 0.6 is 46.1 Å². The Kier molecular flexibility index (Phi) is 9.44. The summed E-state index contributed by atoms with van der Waals surface area (Å²) in [4.78, 5) is 5.32. The number of hydrogen-bond donors (Lipinski definition) is 0. The third-order valence-corrected chi connectivity index (χ3v) is 11.7. The highest BCUT2D eigenvalue weighted by molar-refractivity contribution is 7.19. The van der Waals surface area contributed by atoms with Gasteiger partial charge < -0.3 is 0 Å². The maximum Gasteiger partial charge on any atom is 0.114 e. The van der Waals surface area contributed by atoms with Crippen LogP contribution in [0.5, 0.6) is 0 Å². The molecule has 218 valence electrons. The highest BCUT2D eigenvalue weighted by Gasteiger charge is 2.21. The Balaban J connectivity index is 1.38. The fourth-order valence-electron chi connectivity index (χ4n) is 5.80. The number of aromatic nitrogens is 4. The molecule has 0 aliphatic carbocycles. The number of aryl methyl sites for hydroxylation is 4. The van der Waals surface area contributed by atoms with Gasteiger partial charge in [-0.15, -0.1) is 22.7 Å². The van der Waals surface area contributed by atoms with Crippen LogP contribution in [0.15, 0.2) is 36.4 Å². The van der Waals surface area contributed by atoms with Crippen molar-refractivity contribution in [2.24, 2.45) is 0 Å². The van der Waals surface area contributed by atoms with E-state index < -0.39 is 0 Å². The Morgan fingerprint density at radius 3 is 1.71 bits per heavy atom. The van der Waals surface area contributed by atoms with Gasteiger partial charge in [-0.3, -0.25) is 0 Å². The summed E-state index contributed by atoms with van der Waals surface area (Å²) in [7, 11) is 0. The van der Waals surface area contributed by atoms with E-state index in [0.29, 0.717) is 0 Å². The third-order valence-electron chi connectivity index (χ3n) is 8.24. The molecule has 0 atom stereocenters. The van der Waals surface area contributed by atoms with Gasteiger partial charge in [-0.2, -0.15) is 17.5 Å². The van der Waals surface area contributed by atoms with E-state index in [1.807, 2.05) is 22.7 Å². The van der Waals surface area contributed by atoms with Gasteiger partial charge >= 0.3 is 0 Å². The molecule has 0 bridgehead atoms. The van der Waals surface area contributed by atoms with E-state index in [1.165, 1.54) is 134 Å². The Morgan fingerprint density at radius 1 is 0.548 bits per heavy atom. The van der Waals surface area contributed by atoms with Crippen molar-refractivity contribution in [1.82, 2.24) is 17.5 Å². The second-order valence-corrected chi connectivity index (χ2v) is 14.7. The Hall–Kier alpha value is -2.52. The summed E-state index contributed by atoms with van der Waals surface area (Å²) in [5.41, 5.74) is 11.8. The number of nitrogens with zero attached hydrogens (tertiary/aromatic N) is 4. The first kappa shape index (κ1) is 29.5. The summed E-state index contributed by atoms with van der Waals surface area (Å²) in [6.45, 7) is 8.94. The Bertz CT molecular complexity index is 1810. The number of benzene rings is 2. The highest BCUT2D eigenvalue weighted by atomic mass is 32.1. The SMILES string of the molecule is CCCCCCc1cc(-c2ccc(-c3cc(CCCCCC)c(-c4ccc(C)c5nsnc45)s3)c3nsnc23)sc1C. The summed E-state index contributed by atoms with van der Waals surface area (Å²) >= 11 is 6.40.